The zero-order valence-electron chi connectivity index (χ0n) is 11.5. The molecule has 1 unspecified atom stereocenters. The van der Waals surface area contributed by atoms with Crippen LogP contribution in [0.3, 0.4) is 0 Å². The van der Waals surface area contributed by atoms with Crippen molar-refractivity contribution in [1.82, 2.24) is 9.55 Å². The Morgan fingerprint density at radius 3 is 2.86 bits per heavy atom. The molecular weight excluding hydrogens is 314 g/mol. The molecule has 0 spiro atoms. The van der Waals surface area contributed by atoms with Gasteiger partial charge >= 0.3 is 35.2 Å². The van der Waals surface area contributed by atoms with E-state index in [9.17, 15) is 19.0 Å². The first kappa shape index (κ1) is 17.1. The Morgan fingerprint density at radius 2 is 2.14 bits per heavy atom. The number of aromatic nitrogens is 2. The van der Waals surface area contributed by atoms with Gasteiger partial charge in [-0.15, -0.1) is 0 Å². The van der Waals surface area contributed by atoms with E-state index in [4.69, 9.17) is 9.26 Å². The van der Waals surface area contributed by atoms with Gasteiger partial charge in [0.1, 0.15) is 12.3 Å². The SMILES string of the molecule is Cc1cn([C@H]2C[C@@H]3OP(=O)([O-])OC[C@H]3O2)c(=O)[nH]c1=O.[Na+]. The van der Waals surface area contributed by atoms with Gasteiger partial charge in [0.25, 0.3) is 13.4 Å². The normalized spacial score (nSPS) is 35.0. The van der Waals surface area contributed by atoms with Crippen LogP contribution in [0.5, 0.6) is 0 Å². The van der Waals surface area contributed by atoms with Crippen molar-refractivity contribution in [1.29, 1.82) is 0 Å². The van der Waals surface area contributed by atoms with E-state index in [0.29, 0.717) is 5.56 Å². The Bertz CT molecular complexity index is 701. The average molecular weight is 326 g/mol. The van der Waals surface area contributed by atoms with Crippen molar-refractivity contribution in [2.75, 3.05) is 6.61 Å². The van der Waals surface area contributed by atoms with Crippen LogP contribution in [0.4, 0.5) is 0 Å². The monoisotopic (exact) mass is 326 g/mol. The summed E-state index contributed by atoms with van der Waals surface area (Å²) in [5.74, 6) is 0. The maximum atomic E-state index is 11.8. The molecule has 0 saturated carbocycles. The summed E-state index contributed by atoms with van der Waals surface area (Å²) in [6.45, 7) is 1.42. The molecule has 0 radical (unpaired) electrons. The van der Waals surface area contributed by atoms with Gasteiger partial charge in [-0.2, -0.15) is 0 Å². The molecule has 4 atom stereocenters. The first-order valence-electron chi connectivity index (χ1n) is 5.97. The standard InChI is InChI=1S/C10H13N2O7P.Na/c1-5-3-12(10(14)11-9(5)13)8-2-6-7(18-8)4-17-20(15,16)19-6;/h3,6-8H,2,4H2,1H3,(H,15,16)(H,11,13,14);/q;+1/p-1/t6-,7+,8+;/m0./s1. The van der Waals surface area contributed by atoms with Crippen molar-refractivity contribution in [2.45, 2.75) is 31.8 Å². The zero-order chi connectivity index (χ0) is 14.5. The summed E-state index contributed by atoms with van der Waals surface area (Å²) in [7, 11) is -4.28. The quantitative estimate of drug-likeness (QED) is 0.412. The van der Waals surface area contributed by atoms with Crippen LogP contribution in [0.25, 0.3) is 0 Å². The molecule has 0 aliphatic carbocycles. The van der Waals surface area contributed by atoms with Crippen LogP contribution < -0.4 is 45.7 Å². The number of aryl methyl sites for hydroxylation is 1. The first-order chi connectivity index (χ1) is 9.35. The Balaban J connectivity index is 0.00000161. The van der Waals surface area contributed by atoms with Gasteiger partial charge in [0.15, 0.2) is 0 Å². The van der Waals surface area contributed by atoms with Crippen LogP contribution in [-0.2, 0) is 18.3 Å². The van der Waals surface area contributed by atoms with Crippen LogP contribution in [0.2, 0.25) is 0 Å². The summed E-state index contributed by atoms with van der Waals surface area (Å²) >= 11 is 0. The first-order valence-corrected chi connectivity index (χ1v) is 7.43. The van der Waals surface area contributed by atoms with E-state index in [1.807, 2.05) is 0 Å². The van der Waals surface area contributed by atoms with Crippen molar-refractivity contribution in [3.05, 3.63) is 32.6 Å². The van der Waals surface area contributed by atoms with Crippen molar-refractivity contribution >= 4 is 7.82 Å². The Morgan fingerprint density at radius 1 is 1.43 bits per heavy atom. The number of phosphoric acid groups is 1. The van der Waals surface area contributed by atoms with Crippen LogP contribution in [0.1, 0.15) is 18.2 Å². The minimum atomic E-state index is -4.28. The molecule has 21 heavy (non-hydrogen) atoms. The molecule has 2 saturated heterocycles. The van der Waals surface area contributed by atoms with Crippen molar-refractivity contribution in [3.63, 3.8) is 0 Å². The third kappa shape index (κ3) is 3.40. The number of nitrogens with one attached hydrogen (secondary N) is 1. The molecular formula is C10H12N2NaO7P. The molecule has 2 aliphatic rings. The number of H-pyrrole nitrogens is 1. The summed E-state index contributed by atoms with van der Waals surface area (Å²) in [4.78, 5) is 36.4. The fourth-order valence-corrected chi connectivity index (χ4v) is 3.24. The van der Waals surface area contributed by atoms with E-state index in [2.05, 4.69) is 9.51 Å². The van der Waals surface area contributed by atoms with E-state index in [-0.39, 0.29) is 42.6 Å². The fourth-order valence-electron chi connectivity index (χ4n) is 2.29. The van der Waals surface area contributed by atoms with E-state index in [1.54, 1.807) is 6.92 Å². The van der Waals surface area contributed by atoms with Crippen LogP contribution in [-0.4, -0.2) is 28.4 Å². The van der Waals surface area contributed by atoms with Crippen LogP contribution in [0.15, 0.2) is 15.8 Å². The minimum absolute atomic E-state index is 0. The molecule has 0 bridgehead atoms. The Kier molecular flexibility index (Phi) is 4.97. The molecule has 2 fully saturated rings. The molecule has 9 nitrogen and oxygen atoms in total. The third-order valence-corrected chi connectivity index (χ3v) is 4.29. The number of nitrogens with zero attached hydrogens (tertiary/aromatic N) is 1. The maximum Gasteiger partial charge on any atom is 1.00 e. The van der Waals surface area contributed by atoms with Gasteiger partial charge in [-0.25, -0.2) is 4.79 Å². The minimum Gasteiger partial charge on any atom is -0.756 e. The molecule has 110 valence electrons. The molecule has 1 aromatic rings. The van der Waals surface area contributed by atoms with Gasteiger partial charge in [-0.1, -0.05) is 0 Å². The summed E-state index contributed by atoms with van der Waals surface area (Å²) in [6, 6.07) is 0. The summed E-state index contributed by atoms with van der Waals surface area (Å²) < 4.78 is 27.3. The van der Waals surface area contributed by atoms with Crippen molar-refractivity contribution < 1.29 is 52.8 Å². The maximum absolute atomic E-state index is 11.8. The fraction of sp³-hybridized carbons (Fsp3) is 0.600. The molecule has 0 aromatic carbocycles. The largest absolute Gasteiger partial charge is 1.00 e. The van der Waals surface area contributed by atoms with E-state index in [1.165, 1.54) is 10.8 Å². The second-order valence-electron chi connectivity index (χ2n) is 4.73. The number of aromatic amines is 1. The molecule has 0 amide bonds. The molecule has 2 aliphatic heterocycles. The third-order valence-electron chi connectivity index (χ3n) is 3.30. The number of rotatable bonds is 1. The topological polar surface area (TPSA) is 123 Å². The number of hydrogen-bond donors (Lipinski definition) is 1. The molecule has 3 heterocycles. The predicted octanol–water partition coefficient (Wildman–Crippen LogP) is -3.98. The number of ether oxygens (including phenoxy) is 1. The smallest absolute Gasteiger partial charge is 0.756 e. The van der Waals surface area contributed by atoms with Crippen LogP contribution in [0, 0.1) is 6.92 Å². The van der Waals surface area contributed by atoms with E-state index < -0.39 is 37.5 Å². The van der Waals surface area contributed by atoms with Gasteiger partial charge in [-0.3, -0.25) is 18.9 Å². The van der Waals surface area contributed by atoms with Gasteiger partial charge < -0.3 is 18.7 Å². The predicted molar refractivity (Wildman–Crippen MR) is 63.0 cm³/mol. The zero-order valence-corrected chi connectivity index (χ0v) is 14.4. The molecule has 1 aromatic heterocycles. The number of phosphoric ester groups is 1. The Labute approximate surface area is 141 Å². The number of fused-ring (bicyclic) bond motifs is 1. The van der Waals surface area contributed by atoms with E-state index in [0.717, 1.165) is 0 Å². The summed E-state index contributed by atoms with van der Waals surface area (Å²) in [5, 5.41) is 0. The van der Waals surface area contributed by atoms with Gasteiger partial charge in [0, 0.05) is 18.2 Å². The molecule has 11 heteroatoms. The van der Waals surface area contributed by atoms with E-state index >= 15 is 0 Å². The molecule has 3 rings (SSSR count). The van der Waals surface area contributed by atoms with Gasteiger partial charge in [-0.05, 0) is 6.92 Å². The number of hydrogen-bond acceptors (Lipinski definition) is 7. The van der Waals surface area contributed by atoms with Crippen molar-refractivity contribution in [2.24, 2.45) is 0 Å². The van der Waals surface area contributed by atoms with Crippen molar-refractivity contribution in [3.8, 4) is 0 Å². The average Bonchev–Trinajstić information content (AvgIpc) is 2.74. The molecule has 1 N–H and O–H groups in total. The second-order valence-corrected chi connectivity index (χ2v) is 6.09. The van der Waals surface area contributed by atoms with Gasteiger partial charge in [0.05, 0.1) is 12.7 Å². The summed E-state index contributed by atoms with van der Waals surface area (Å²) in [6.07, 6.45) is -0.381. The Hall–Kier alpha value is -0.250. The summed E-state index contributed by atoms with van der Waals surface area (Å²) in [5.41, 5.74) is -0.726. The van der Waals surface area contributed by atoms with Gasteiger partial charge in [0.2, 0.25) is 0 Å². The second kappa shape index (κ2) is 6.10. The van der Waals surface area contributed by atoms with Crippen LogP contribution >= 0.6 is 7.82 Å².